The molecule has 4 rings (SSSR count). The lowest BCUT2D eigenvalue weighted by Gasteiger charge is -2.36. The number of carbonyl (C=O) groups excluding carboxylic acids is 1. The van der Waals surface area contributed by atoms with E-state index in [0.717, 1.165) is 13.1 Å². The Balaban J connectivity index is 1.40. The first-order valence-electron chi connectivity index (χ1n) is 9.26. The Morgan fingerprint density at radius 3 is 2.50 bits per heavy atom. The van der Waals surface area contributed by atoms with Crippen molar-refractivity contribution in [3.63, 3.8) is 0 Å². The zero-order valence-corrected chi connectivity index (χ0v) is 15.6. The molecular weight excluding hydrogens is 359 g/mol. The van der Waals surface area contributed by atoms with Gasteiger partial charge in [-0.05, 0) is 36.4 Å². The first-order valence-corrected chi connectivity index (χ1v) is 9.26. The number of nitrogens with zero attached hydrogens (tertiary/aromatic N) is 6. The van der Waals surface area contributed by atoms with Gasteiger partial charge in [-0.2, -0.15) is 4.80 Å². The Hall–Kier alpha value is -3.29. The van der Waals surface area contributed by atoms with E-state index in [9.17, 15) is 9.18 Å². The summed E-state index contributed by atoms with van der Waals surface area (Å²) < 4.78 is 13.4. The van der Waals surface area contributed by atoms with Gasteiger partial charge in [0.2, 0.25) is 11.7 Å². The van der Waals surface area contributed by atoms with Crippen molar-refractivity contribution < 1.29 is 9.18 Å². The van der Waals surface area contributed by atoms with Crippen LogP contribution in [0.1, 0.15) is 13.0 Å². The van der Waals surface area contributed by atoms with Gasteiger partial charge < -0.3 is 9.80 Å². The Kier molecular flexibility index (Phi) is 5.01. The Morgan fingerprint density at radius 1 is 1.04 bits per heavy atom. The zero-order chi connectivity index (χ0) is 19.5. The lowest BCUT2D eigenvalue weighted by molar-refractivity contribution is -0.135. The van der Waals surface area contributed by atoms with E-state index < -0.39 is 6.04 Å². The first kappa shape index (κ1) is 18.1. The van der Waals surface area contributed by atoms with Crippen LogP contribution in [0.3, 0.4) is 0 Å². The van der Waals surface area contributed by atoms with Gasteiger partial charge in [0.15, 0.2) is 0 Å². The van der Waals surface area contributed by atoms with Crippen molar-refractivity contribution in [3.05, 3.63) is 60.4 Å². The highest BCUT2D eigenvalue weighted by atomic mass is 19.1. The highest BCUT2D eigenvalue weighted by Gasteiger charge is 2.27. The number of carbonyl (C=O) groups is 1. The van der Waals surface area contributed by atoms with Crippen molar-refractivity contribution in [3.8, 4) is 11.4 Å². The van der Waals surface area contributed by atoms with E-state index in [0.29, 0.717) is 24.5 Å². The predicted octanol–water partition coefficient (Wildman–Crippen LogP) is 2.39. The highest BCUT2D eigenvalue weighted by Crippen LogP contribution is 2.19. The smallest absolute Gasteiger partial charge is 0.249 e. The normalized spacial score (nSPS) is 15.5. The Bertz CT molecular complexity index is 952. The van der Waals surface area contributed by atoms with Gasteiger partial charge in [-0.1, -0.05) is 30.3 Å². The number of anilines is 1. The predicted molar refractivity (Wildman–Crippen MR) is 103 cm³/mol. The summed E-state index contributed by atoms with van der Waals surface area (Å²) in [5, 5.41) is 12.2. The summed E-state index contributed by atoms with van der Waals surface area (Å²) >= 11 is 0. The quantitative estimate of drug-likeness (QED) is 0.695. The summed E-state index contributed by atoms with van der Waals surface area (Å²) in [6.07, 6.45) is 0. The van der Waals surface area contributed by atoms with E-state index >= 15 is 0 Å². The molecule has 0 N–H and O–H groups in total. The summed E-state index contributed by atoms with van der Waals surface area (Å²) in [4.78, 5) is 18.3. The molecule has 7 nitrogen and oxygen atoms in total. The van der Waals surface area contributed by atoms with Crippen LogP contribution in [0.15, 0.2) is 54.6 Å². The molecule has 0 aliphatic carbocycles. The van der Waals surface area contributed by atoms with Crippen molar-refractivity contribution >= 4 is 11.6 Å². The van der Waals surface area contributed by atoms with Crippen molar-refractivity contribution in [2.75, 3.05) is 31.1 Å². The number of halogens is 1. The summed E-state index contributed by atoms with van der Waals surface area (Å²) in [7, 11) is 0. The van der Waals surface area contributed by atoms with Gasteiger partial charge in [0, 0.05) is 37.4 Å². The van der Waals surface area contributed by atoms with Crippen LogP contribution in [0.2, 0.25) is 0 Å². The van der Waals surface area contributed by atoms with Gasteiger partial charge in [-0.15, -0.1) is 10.2 Å². The summed E-state index contributed by atoms with van der Waals surface area (Å²) in [6, 6.07) is 15.6. The fourth-order valence-corrected chi connectivity index (χ4v) is 3.32. The van der Waals surface area contributed by atoms with Crippen molar-refractivity contribution in [1.29, 1.82) is 0 Å². The minimum Gasteiger partial charge on any atom is -0.368 e. The third kappa shape index (κ3) is 3.71. The number of hydrogen-bond donors (Lipinski definition) is 0. The van der Waals surface area contributed by atoms with Crippen molar-refractivity contribution in [2.45, 2.75) is 13.0 Å². The van der Waals surface area contributed by atoms with E-state index in [1.807, 2.05) is 23.1 Å². The van der Waals surface area contributed by atoms with Gasteiger partial charge in [0.25, 0.3) is 0 Å². The van der Waals surface area contributed by atoms with Crippen LogP contribution in [0, 0.1) is 5.82 Å². The molecule has 0 saturated carbocycles. The molecule has 0 spiro atoms. The van der Waals surface area contributed by atoms with Gasteiger partial charge in [0.05, 0.1) is 0 Å². The summed E-state index contributed by atoms with van der Waals surface area (Å²) in [5.74, 6) is -0.113. The summed E-state index contributed by atoms with van der Waals surface area (Å²) in [6.45, 7) is 4.60. The summed E-state index contributed by atoms with van der Waals surface area (Å²) in [5.41, 5.74) is 1.70. The lowest BCUT2D eigenvalue weighted by atomic mass is 10.2. The van der Waals surface area contributed by atoms with Crippen LogP contribution >= 0.6 is 0 Å². The monoisotopic (exact) mass is 380 g/mol. The maximum atomic E-state index is 13.4. The number of benzene rings is 2. The second-order valence-electron chi connectivity index (χ2n) is 6.77. The SMILES string of the molecule is CC(C(=O)N1CCN(c2ccccc2)CC1)n1nnc(-c2cccc(F)c2)n1. The Morgan fingerprint density at radius 2 is 1.79 bits per heavy atom. The minimum atomic E-state index is -0.571. The molecule has 2 heterocycles. The number of para-hydroxylation sites is 1. The molecule has 1 saturated heterocycles. The molecule has 1 amide bonds. The topological polar surface area (TPSA) is 67.2 Å². The van der Waals surface area contributed by atoms with Crippen molar-refractivity contribution in [1.82, 2.24) is 25.1 Å². The van der Waals surface area contributed by atoms with Gasteiger partial charge in [-0.3, -0.25) is 4.79 Å². The van der Waals surface area contributed by atoms with E-state index in [1.165, 1.54) is 22.6 Å². The molecule has 144 valence electrons. The van der Waals surface area contributed by atoms with Crippen LogP contribution in [0.4, 0.5) is 10.1 Å². The van der Waals surface area contributed by atoms with Crippen molar-refractivity contribution in [2.24, 2.45) is 0 Å². The van der Waals surface area contributed by atoms with Gasteiger partial charge in [-0.25, -0.2) is 4.39 Å². The second kappa shape index (κ2) is 7.75. The van der Waals surface area contributed by atoms with Gasteiger partial charge >= 0.3 is 0 Å². The third-order valence-corrected chi connectivity index (χ3v) is 4.93. The molecule has 1 aliphatic rings. The van der Waals surface area contributed by atoms with Crippen LogP contribution in [-0.4, -0.2) is 57.2 Å². The van der Waals surface area contributed by atoms with Crippen LogP contribution in [-0.2, 0) is 4.79 Å². The van der Waals surface area contributed by atoms with Gasteiger partial charge in [0.1, 0.15) is 11.9 Å². The number of tetrazole rings is 1. The number of piperazine rings is 1. The maximum absolute atomic E-state index is 13.4. The number of amides is 1. The fraction of sp³-hybridized carbons (Fsp3) is 0.300. The second-order valence-corrected chi connectivity index (χ2v) is 6.77. The maximum Gasteiger partial charge on any atom is 0.249 e. The van der Waals surface area contributed by atoms with Crippen LogP contribution < -0.4 is 4.90 Å². The Labute approximate surface area is 162 Å². The largest absolute Gasteiger partial charge is 0.368 e. The van der Waals surface area contributed by atoms with Crippen LogP contribution in [0.25, 0.3) is 11.4 Å². The molecule has 1 aromatic heterocycles. The molecule has 3 aromatic rings. The third-order valence-electron chi connectivity index (χ3n) is 4.93. The van der Waals surface area contributed by atoms with E-state index in [1.54, 1.807) is 19.1 Å². The molecule has 1 fully saturated rings. The van der Waals surface area contributed by atoms with E-state index in [-0.39, 0.29) is 11.7 Å². The molecule has 28 heavy (non-hydrogen) atoms. The lowest BCUT2D eigenvalue weighted by Crippen LogP contribution is -2.50. The number of rotatable bonds is 4. The molecule has 1 atom stereocenters. The minimum absolute atomic E-state index is 0.0455. The standard InChI is InChI=1S/C20H21FN6O/c1-15(27-23-19(22-24-27)16-6-5-7-17(21)14-16)20(28)26-12-10-25(11-13-26)18-8-3-2-4-9-18/h2-9,14-15H,10-13H2,1H3. The zero-order valence-electron chi connectivity index (χ0n) is 15.6. The molecule has 8 heteroatoms. The number of hydrogen-bond acceptors (Lipinski definition) is 5. The molecule has 0 radical (unpaired) electrons. The number of aromatic nitrogens is 4. The molecule has 2 aromatic carbocycles. The molecule has 1 unspecified atom stereocenters. The average molecular weight is 380 g/mol. The fourth-order valence-electron chi connectivity index (χ4n) is 3.32. The van der Waals surface area contributed by atoms with E-state index in [2.05, 4.69) is 32.4 Å². The van der Waals surface area contributed by atoms with E-state index in [4.69, 9.17) is 0 Å². The first-order chi connectivity index (χ1) is 13.6. The molecular formula is C20H21FN6O. The average Bonchev–Trinajstić information content (AvgIpc) is 3.24. The molecule has 0 bridgehead atoms. The molecule has 1 aliphatic heterocycles. The highest BCUT2D eigenvalue weighted by molar-refractivity contribution is 5.80. The van der Waals surface area contributed by atoms with Crippen LogP contribution in [0.5, 0.6) is 0 Å².